The first kappa shape index (κ1) is 22.7. The van der Waals surface area contributed by atoms with Gasteiger partial charge in [0.2, 0.25) is 0 Å². The van der Waals surface area contributed by atoms with Crippen molar-refractivity contribution in [3.05, 3.63) is 38.2 Å². The second-order valence-corrected chi connectivity index (χ2v) is 6.99. The normalized spacial score (nSPS) is 11.6. The number of halogens is 2. The van der Waals surface area contributed by atoms with Gasteiger partial charge in [-0.15, -0.1) is 0 Å². The first-order chi connectivity index (χ1) is 13.7. The number of aryl methyl sites for hydroxylation is 1. The summed E-state index contributed by atoms with van der Waals surface area (Å²) in [7, 11) is 1.40. The first-order valence-corrected chi connectivity index (χ1v) is 9.45. The lowest BCUT2D eigenvalue weighted by atomic mass is 10.0. The van der Waals surface area contributed by atoms with E-state index in [-0.39, 0.29) is 35.7 Å². The summed E-state index contributed by atoms with van der Waals surface area (Å²) in [5, 5.41) is -0.0795. The molecular weight excluding hydrogens is 386 g/mol. The SMILES string of the molecule is CCCn1c(=O)[nH]c(=O)c2c(C(=O)N(CCOC)CC(F)F)cc(C(C)C)nc21. The van der Waals surface area contributed by atoms with Crippen molar-refractivity contribution >= 4 is 16.9 Å². The van der Waals surface area contributed by atoms with E-state index in [4.69, 9.17) is 4.74 Å². The van der Waals surface area contributed by atoms with E-state index in [0.29, 0.717) is 18.7 Å². The lowest BCUT2D eigenvalue weighted by molar-refractivity contribution is 0.0479. The minimum absolute atomic E-state index is 0.0541. The van der Waals surface area contributed by atoms with Gasteiger partial charge < -0.3 is 9.64 Å². The Hall–Kier alpha value is -2.62. The maximum atomic E-state index is 13.2. The highest BCUT2D eigenvalue weighted by Crippen LogP contribution is 2.21. The summed E-state index contributed by atoms with van der Waals surface area (Å²) in [5.74, 6) is -0.846. The lowest BCUT2D eigenvalue weighted by Crippen LogP contribution is -2.39. The summed E-state index contributed by atoms with van der Waals surface area (Å²) in [6.07, 6.45) is -2.14. The zero-order valence-electron chi connectivity index (χ0n) is 17.0. The van der Waals surface area contributed by atoms with E-state index in [2.05, 4.69) is 9.97 Å². The monoisotopic (exact) mass is 412 g/mol. The van der Waals surface area contributed by atoms with Gasteiger partial charge in [-0.1, -0.05) is 20.8 Å². The predicted octanol–water partition coefficient (Wildman–Crippen LogP) is 1.97. The average molecular weight is 412 g/mol. The number of rotatable bonds is 9. The highest BCUT2D eigenvalue weighted by molar-refractivity contribution is 6.05. The first-order valence-electron chi connectivity index (χ1n) is 9.45. The van der Waals surface area contributed by atoms with Gasteiger partial charge in [-0.2, -0.15) is 0 Å². The largest absolute Gasteiger partial charge is 0.383 e. The molecule has 0 fully saturated rings. The number of nitrogens with one attached hydrogen (secondary N) is 1. The summed E-state index contributed by atoms with van der Waals surface area (Å²) in [6, 6.07) is 1.44. The lowest BCUT2D eigenvalue weighted by Gasteiger charge is -2.23. The minimum Gasteiger partial charge on any atom is -0.383 e. The third-order valence-corrected chi connectivity index (χ3v) is 4.45. The van der Waals surface area contributed by atoms with Crippen LogP contribution in [0.4, 0.5) is 8.78 Å². The maximum absolute atomic E-state index is 13.2. The molecule has 160 valence electrons. The third kappa shape index (κ3) is 5.06. The molecule has 0 atom stereocenters. The highest BCUT2D eigenvalue weighted by Gasteiger charge is 2.25. The fraction of sp³-hybridized carbons (Fsp3) is 0.579. The molecular formula is C19H26F2N4O4. The Morgan fingerprint density at radius 3 is 2.59 bits per heavy atom. The number of fused-ring (bicyclic) bond motifs is 1. The van der Waals surface area contributed by atoms with E-state index in [9.17, 15) is 23.2 Å². The fourth-order valence-electron chi connectivity index (χ4n) is 3.00. The number of hydrogen-bond acceptors (Lipinski definition) is 5. The number of carbonyl (C=O) groups is 1. The topological polar surface area (TPSA) is 97.3 Å². The second kappa shape index (κ2) is 9.73. The van der Waals surface area contributed by atoms with Crippen molar-refractivity contribution in [2.75, 3.05) is 26.8 Å². The second-order valence-electron chi connectivity index (χ2n) is 6.99. The Balaban J connectivity index is 2.79. The molecule has 0 spiro atoms. The van der Waals surface area contributed by atoms with Crippen molar-refractivity contribution in [2.45, 2.75) is 46.1 Å². The molecule has 2 rings (SSSR count). The maximum Gasteiger partial charge on any atom is 0.329 e. The molecule has 0 aromatic carbocycles. The summed E-state index contributed by atoms with van der Waals surface area (Å²) >= 11 is 0. The molecule has 0 aliphatic rings. The van der Waals surface area contributed by atoms with E-state index >= 15 is 0 Å². The van der Waals surface area contributed by atoms with Crippen molar-refractivity contribution in [3.8, 4) is 0 Å². The van der Waals surface area contributed by atoms with Gasteiger partial charge in [0.05, 0.1) is 24.1 Å². The number of H-pyrrole nitrogens is 1. The molecule has 2 aromatic rings. The average Bonchev–Trinajstić information content (AvgIpc) is 2.66. The Kier molecular flexibility index (Phi) is 7.60. The van der Waals surface area contributed by atoms with Crippen LogP contribution < -0.4 is 11.2 Å². The van der Waals surface area contributed by atoms with Gasteiger partial charge in [0, 0.05) is 25.9 Å². The summed E-state index contributed by atoms with van der Waals surface area (Å²) in [6.45, 7) is 5.05. The van der Waals surface area contributed by atoms with Gasteiger partial charge in [0.25, 0.3) is 17.9 Å². The molecule has 0 unspecified atom stereocenters. The zero-order chi connectivity index (χ0) is 21.7. The summed E-state index contributed by atoms with van der Waals surface area (Å²) in [5.41, 5.74) is -0.882. The molecule has 10 heteroatoms. The standard InChI is InChI=1S/C19H26F2N4O4/c1-5-6-25-16-15(17(26)23-19(25)28)12(9-13(22-16)11(2)3)18(27)24(7-8-29-4)10-14(20)21/h9,11,14H,5-8,10H2,1-4H3,(H,23,26,28). The van der Waals surface area contributed by atoms with Gasteiger partial charge in [-0.25, -0.2) is 18.6 Å². The van der Waals surface area contributed by atoms with Crippen LogP contribution in [0.15, 0.2) is 15.7 Å². The van der Waals surface area contributed by atoms with Crippen LogP contribution in [-0.4, -0.2) is 58.6 Å². The van der Waals surface area contributed by atoms with Crippen LogP contribution >= 0.6 is 0 Å². The van der Waals surface area contributed by atoms with E-state index in [1.807, 2.05) is 20.8 Å². The number of alkyl halides is 2. The predicted molar refractivity (Wildman–Crippen MR) is 105 cm³/mol. The van der Waals surface area contributed by atoms with Gasteiger partial charge in [-0.05, 0) is 18.4 Å². The molecule has 0 saturated heterocycles. The van der Waals surface area contributed by atoms with Crippen LogP contribution in [0.3, 0.4) is 0 Å². The Bertz CT molecular complexity index is 985. The molecule has 2 aromatic heterocycles. The summed E-state index contributed by atoms with van der Waals surface area (Å²) < 4.78 is 32.3. The summed E-state index contributed by atoms with van der Waals surface area (Å²) in [4.78, 5) is 45.6. The zero-order valence-corrected chi connectivity index (χ0v) is 17.0. The van der Waals surface area contributed by atoms with Gasteiger partial charge in [0.1, 0.15) is 0 Å². The molecule has 1 N–H and O–H groups in total. The molecule has 0 aliphatic carbocycles. The van der Waals surface area contributed by atoms with Crippen LogP contribution in [0.2, 0.25) is 0 Å². The van der Waals surface area contributed by atoms with Gasteiger partial charge in [0.15, 0.2) is 5.65 Å². The number of aromatic nitrogens is 3. The Labute approximate surface area is 166 Å². The molecule has 0 saturated carbocycles. The quantitative estimate of drug-likeness (QED) is 0.679. The van der Waals surface area contributed by atoms with Crippen molar-refractivity contribution in [2.24, 2.45) is 0 Å². The van der Waals surface area contributed by atoms with E-state index in [0.717, 1.165) is 4.90 Å². The number of aromatic amines is 1. The van der Waals surface area contributed by atoms with Crippen LogP contribution in [0.5, 0.6) is 0 Å². The van der Waals surface area contributed by atoms with Gasteiger partial charge in [-0.3, -0.25) is 19.1 Å². The van der Waals surface area contributed by atoms with E-state index in [1.54, 1.807) is 0 Å². The fourth-order valence-corrected chi connectivity index (χ4v) is 3.00. The van der Waals surface area contributed by atoms with Gasteiger partial charge >= 0.3 is 5.69 Å². The molecule has 29 heavy (non-hydrogen) atoms. The smallest absolute Gasteiger partial charge is 0.329 e. The number of carbonyl (C=O) groups excluding carboxylic acids is 1. The molecule has 2 heterocycles. The molecule has 8 nitrogen and oxygen atoms in total. The van der Waals surface area contributed by atoms with Crippen LogP contribution in [-0.2, 0) is 11.3 Å². The van der Waals surface area contributed by atoms with Crippen molar-refractivity contribution < 1.29 is 18.3 Å². The van der Waals surface area contributed by atoms with E-state index < -0.39 is 30.1 Å². The molecule has 0 aliphatic heterocycles. The minimum atomic E-state index is -2.75. The number of ether oxygens (including phenoxy) is 1. The van der Waals surface area contributed by atoms with Crippen LogP contribution in [0.1, 0.15) is 49.2 Å². The van der Waals surface area contributed by atoms with Crippen molar-refractivity contribution in [1.82, 2.24) is 19.4 Å². The number of amides is 1. The van der Waals surface area contributed by atoms with Crippen LogP contribution in [0, 0.1) is 0 Å². The van der Waals surface area contributed by atoms with Crippen molar-refractivity contribution in [3.63, 3.8) is 0 Å². The highest BCUT2D eigenvalue weighted by atomic mass is 19.3. The number of methoxy groups -OCH3 is 1. The number of pyridine rings is 1. The third-order valence-electron chi connectivity index (χ3n) is 4.45. The Morgan fingerprint density at radius 1 is 1.34 bits per heavy atom. The van der Waals surface area contributed by atoms with Crippen molar-refractivity contribution in [1.29, 1.82) is 0 Å². The number of nitrogens with zero attached hydrogens (tertiary/aromatic N) is 3. The molecule has 1 amide bonds. The molecule has 0 bridgehead atoms. The Morgan fingerprint density at radius 2 is 2.03 bits per heavy atom. The van der Waals surface area contributed by atoms with E-state index in [1.165, 1.54) is 17.7 Å². The van der Waals surface area contributed by atoms with Crippen LogP contribution in [0.25, 0.3) is 11.0 Å². The molecule has 0 radical (unpaired) electrons. The number of hydrogen-bond donors (Lipinski definition) is 1.